The molecule has 1 atom stereocenters. The second-order valence-corrected chi connectivity index (χ2v) is 10.1. The van der Waals surface area contributed by atoms with E-state index in [9.17, 15) is 0 Å². The quantitative estimate of drug-likeness (QED) is 0.325. The van der Waals surface area contributed by atoms with Crippen molar-refractivity contribution in [2.24, 2.45) is 0 Å². The number of rotatable bonds is 7. The molecule has 0 saturated carbocycles. The van der Waals surface area contributed by atoms with Gasteiger partial charge >= 0.3 is 0 Å². The van der Waals surface area contributed by atoms with Crippen LogP contribution < -0.4 is 4.74 Å². The van der Waals surface area contributed by atoms with Crippen LogP contribution in [0.15, 0.2) is 53.7 Å². The molecule has 32 heavy (non-hydrogen) atoms. The van der Waals surface area contributed by atoms with E-state index < -0.39 is 0 Å². The SMILES string of the molecule is COc1ccc(-n2c(SCc3nc4ccccc4s3)nnc2[C@H](C)N2CCCCC2)cc1. The van der Waals surface area contributed by atoms with Crippen LogP contribution in [0.5, 0.6) is 5.75 Å². The van der Waals surface area contributed by atoms with E-state index in [-0.39, 0.29) is 6.04 Å². The minimum Gasteiger partial charge on any atom is -0.497 e. The molecule has 0 radical (unpaired) electrons. The highest BCUT2D eigenvalue weighted by Crippen LogP contribution is 2.33. The molecule has 166 valence electrons. The second kappa shape index (κ2) is 9.60. The average Bonchev–Trinajstić information content (AvgIpc) is 3.46. The molecule has 0 spiro atoms. The van der Waals surface area contributed by atoms with Gasteiger partial charge in [0.25, 0.3) is 0 Å². The molecular weight excluding hydrogens is 438 g/mol. The number of thioether (sulfide) groups is 1. The Morgan fingerprint density at radius 3 is 2.56 bits per heavy atom. The highest BCUT2D eigenvalue weighted by molar-refractivity contribution is 7.98. The highest BCUT2D eigenvalue weighted by Gasteiger charge is 2.25. The van der Waals surface area contributed by atoms with Gasteiger partial charge < -0.3 is 4.74 Å². The standard InChI is InChI=1S/C24H27N5OS2/c1-17(28-14-6-3-7-15-28)23-26-27-24(29(23)18-10-12-19(30-2)13-11-18)31-16-22-25-20-8-4-5-9-21(20)32-22/h4-5,8-13,17H,3,6-7,14-16H2,1-2H3/t17-/m0/s1. The van der Waals surface area contributed by atoms with E-state index in [1.807, 2.05) is 18.2 Å². The first-order valence-corrected chi connectivity index (χ1v) is 12.8. The fourth-order valence-electron chi connectivity index (χ4n) is 4.20. The van der Waals surface area contributed by atoms with Crippen molar-refractivity contribution in [3.63, 3.8) is 0 Å². The van der Waals surface area contributed by atoms with E-state index in [0.717, 1.165) is 51.8 Å². The predicted molar refractivity (Wildman–Crippen MR) is 131 cm³/mol. The number of ether oxygens (including phenoxy) is 1. The van der Waals surface area contributed by atoms with E-state index in [4.69, 9.17) is 9.72 Å². The van der Waals surface area contributed by atoms with E-state index in [1.54, 1.807) is 30.2 Å². The minimum atomic E-state index is 0.210. The summed E-state index contributed by atoms with van der Waals surface area (Å²) in [6.07, 6.45) is 3.82. The van der Waals surface area contributed by atoms with Gasteiger partial charge in [-0.15, -0.1) is 21.5 Å². The van der Waals surface area contributed by atoms with E-state index in [2.05, 4.69) is 56.9 Å². The number of nitrogens with zero attached hydrogens (tertiary/aromatic N) is 5. The molecule has 1 saturated heterocycles. The fraction of sp³-hybridized carbons (Fsp3) is 0.375. The third-order valence-electron chi connectivity index (χ3n) is 5.96. The summed E-state index contributed by atoms with van der Waals surface area (Å²) in [6.45, 7) is 4.48. The summed E-state index contributed by atoms with van der Waals surface area (Å²) in [7, 11) is 1.69. The molecule has 8 heteroatoms. The molecular formula is C24H27N5OS2. The lowest BCUT2D eigenvalue weighted by atomic mass is 10.1. The number of hydrogen-bond donors (Lipinski definition) is 0. The zero-order valence-electron chi connectivity index (χ0n) is 18.4. The van der Waals surface area contributed by atoms with Gasteiger partial charge in [0, 0.05) is 5.69 Å². The Labute approximate surface area is 196 Å². The number of methoxy groups -OCH3 is 1. The maximum absolute atomic E-state index is 5.36. The minimum absolute atomic E-state index is 0.210. The van der Waals surface area contributed by atoms with Crippen LogP contribution in [0.4, 0.5) is 0 Å². The molecule has 6 nitrogen and oxygen atoms in total. The van der Waals surface area contributed by atoms with Crippen molar-refractivity contribution in [3.8, 4) is 11.4 Å². The lowest BCUT2D eigenvalue weighted by Gasteiger charge is -2.31. The maximum Gasteiger partial charge on any atom is 0.196 e. The summed E-state index contributed by atoms with van der Waals surface area (Å²) in [5.41, 5.74) is 2.12. The molecule has 1 aliphatic heterocycles. The predicted octanol–water partition coefficient (Wildman–Crippen LogP) is 5.72. The first-order valence-electron chi connectivity index (χ1n) is 11.0. The number of piperidine rings is 1. The van der Waals surface area contributed by atoms with Crippen molar-refractivity contribution in [2.45, 2.75) is 43.1 Å². The number of benzene rings is 2. The Balaban J connectivity index is 1.45. The van der Waals surface area contributed by atoms with Gasteiger partial charge in [-0.1, -0.05) is 30.3 Å². The van der Waals surface area contributed by atoms with Crippen LogP contribution in [-0.2, 0) is 5.75 Å². The van der Waals surface area contributed by atoms with Crippen molar-refractivity contribution < 1.29 is 4.74 Å². The maximum atomic E-state index is 5.36. The molecule has 1 fully saturated rings. The first-order chi connectivity index (χ1) is 15.7. The molecule has 1 aliphatic rings. The molecule has 0 N–H and O–H groups in total. The van der Waals surface area contributed by atoms with Gasteiger partial charge in [-0.3, -0.25) is 9.47 Å². The Bertz CT molecular complexity index is 1150. The zero-order chi connectivity index (χ0) is 21.9. The Hall–Kier alpha value is -2.42. The van der Waals surface area contributed by atoms with Gasteiger partial charge in [0.2, 0.25) is 0 Å². The van der Waals surface area contributed by atoms with Gasteiger partial charge in [-0.2, -0.15) is 0 Å². The smallest absolute Gasteiger partial charge is 0.196 e. The second-order valence-electron chi connectivity index (χ2n) is 8.01. The molecule has 5 rings (SSSR count). The van der Waals surface area contributed by atoms with Gasteiger partial charge in [-0.25, -0.2) is 4.98 Å². The summed E-state index contributed by atoms with van der Waals surface area (Å²) in [5.74, 6) is 2.60. The number of likely N-dealkylation sites (tertiary alicyclic amines) is 1. The van der Waals surface area contributed by atoms with Crippen LogP contribution in [0.3, 0.4) is 0 Å². The van der Waals surface area contributed by atoms with Crippen molar-refractivity contribution in [1.82, 2.24) is 24.6 Å². The molecule has 0 aliphatic carbocycles. The van der Waals surface area contributed by atoms with Crippen LogP contribution in [-0.4, -0.2) is 44.8 Å². The van der Waals surface area contributed by atoms with Crippen LogP contribution in [0.2, 0.25) is 0 Å². The van der Waals surface area contributed by atoms with Crippen molar-refractivity contribution >= 4 is 33.3 Å². The van der Waals surface area contributed by atoms with E-state index in [0.29, 0.717) is 0 Å². The van der Waals surface area contributed by atoms with Crippen molar-refractivity contribution in [3.05, 3.63) is 59.4 Å². The van der Waals surface area contributed by atoms with Gasteiger partial charge in [-0.05, 0) is 69.3 Å². The van der Waals surface area contributed by atoms with Crippen molar-refractivity contribution in [2.75, 3.05) is 20.2 Å². The Kier molecular flexibility index (Phi) is 6.43. The first kappa shape index (κ1) is 21.4. The number of hydrogen-bond acceptors (Lipinski definition) is 7. The normalized spacial score (nSPS) is 15.8. The number of thiazole rings is 1. The number of fused-ring (bicyclic) bond motifs is 1. The van der Waals surface area contributed by atoms with E-state index in [1.165, 1.54) is 24.0 Å². The van der Waals surface area contributed by atoms with E-state index >= 15 is 0 Å². The summed E-state index contributed by atoms with van der Waals surface area (Å²) in [5, 5.41) is 11.3. The van der Waals surface area contributed by atoms with Crippen LogP contribution in [0.25, 0.3) is 15.9 Å². The summed E-state index contributed by atoms with van der Waals surface area (Å²) < 4.78 is 8.79. The fourth-order valence-corrected chi connectivity index (χ4v) is 6.12. The summed E-state index contributed by atoms with van der Waals surface area (Å²) >= 11 is 3.44. The molecule has 4 aromatic rings. The van der Waals surface area contributed by atoms with Crippen LogP contribution in [0.1, 0.15) is 43.1 Å². The Morgan fingerprint density at radius 2 is 1.81 bits per heavy atom. The Morgan fingerprint density at radius 1 is 1.03 bits per heavy atom. The molecule has 0 unspecified atom stereocenters. The number of para-hydroxylation sites is 1. The third kappa shape index (κ3) is 4.40. The lowest BCUT2D eigenvalue weighted by Crippen LogP contribution is -2.33. The number of aromatic nitrogens is 4. The molecule has 0 amide bonds. The van der Waals surface area contributed by atoms with Crippen LogP contribution >= 0.6 is 23.1 Å². The highest BCUT2D eigenvalue weighted by atomic mass is 32.2. The van der Waals surface area contributed by atoms with Gasteiger partial charge in [0.05, 0.1) is 29.1 Å². The van der Waals surface area contributed by atoms with Crippen molar-refractivity contribution in [1.29, 1.82) is 0 Å². The third-order valence-corrected chi connectivity index (χ3v) is 8.12. The molecule has 3 heterocycles. The monoisotopic (exact) mass is 465 g/mol. The largest absolute Gasteiger partial charge is 0.497 e. The molecule has 0 bridgehead atoms. The molecule has 2 aromatic heterocycles. The lowest BCUT2D eigenvalue weighted by molar-refractivity contribution is 0.167. The summed E-state index contributed by atoms with van der Waals surface area (Å²) in [6, 6.07) is 16.6. The average molecular weight is 466 g/mol. The van der Waals surface area contributed by atoms with Gasteiger partial charge in [0.15, 0.2) is 11.0 Å². The van der Waals surface area contributed by atoms with Crippen LogP contribution in [0, 0.1) is 0 Å². The topological polar surface area (TPSA) is 56.1 Å². The zero-order valence-corrected chi connectivity index (χ0v) is 20.0. The molecule has 2 aromatic carbocycles. The van der Waals surface area contributed by atoms with Gasteiger partial charge in [0.1, 0.15) is 10.8 Å². The summed E-state index contributed by atoms with van der Waals surface area (Å²) in [4.78, 5) is 7.31.